The molecule has 11 nitrogen and oxygen atoms in total. The summed E-state index contributed by atoms with van der Waals surface area (Å²) in [4.78, 5) is 48.6. The highest BCUT2D eigenvalue weighted by Crippen LogP contribution is 2.40. The zero-order chi connectivity index (χ0) is 26.1. The number of non-ortho nitro benzene ring substituents is 1. The van der Waals surface area contributed by atoms with Gasteiger partial charge in [0, 0.05) is 35.0 Å². The highest BCUT2D eigenvalue weighted by atomic mass is 32.2. The molecule has 190 valence electrons. The Morgan fingerprint density at radius 1 is 1.17 bits per heavy atom. The summed E-state index contributed by atoms with van der Waals surface area (Å²) >= 11 is 1.28. The first kappa shape index (κ1) is 27.9. The van der Waals surface area contributed by atoms with Crippen LogP contribution in [0.3, 0.4) is 0 Å². The predicted octanol–water partition coefficient (Wildman–Crippen LogP) is 2.17. The van der Waals surface area contributed by atoms with Crippen molar-refractivity contribution in [1.29, 1.82) is 0 Å². The Morgan fingerprint density at radius 2 is 1.86 bits per heavy atom. The van der Waals surface area contributed by atoms with Crippen LogP contribution in [0.15, 0.2) is 46.8 Å². The second-order valence-corrected chi connectivity index (χ2v) is 8.46. The lowest BCUT2D eigenvalue weighted by molar-refractivity contribution is -0.384. The third-order valence-corrected chi connectivity index (χ3v) is 6.18. The van der Waals surface area contributed by atoms with Gasteiger partial charge in [-0.2, -0.15) is 11.8 Å². The number of benzene rings is 1. The number of hydrogen-bond donors (Lipinski definition) is 2. The van der Waals surface area contributed by atoms with Crippen LogP contribution in [0.25, 0.3) is 0 Å². The largest absolute Gasteiger partial charge is 0.466 e. The second-order valence-electron chi connectivity index (χ2n) is 7.43. The van der Waals surface area contributed by atoms with Gasteiger partial charge in [0.15, 0.2) is 0 Å². The normalized spacial score (nSPS) is 16.3. The molecule has 2 atom stereocenters. The minimum Gasteiger partial charge on any atom is -0.466 e. The van der Waals surface area contributed by atoms with Crippen molar-refractivity contribution < 1.29 is 33.5 Å². The van der Waals surface area contributed by atoms with Gasteiger partial charge >= 0.3 is 17.9 Å². The molecule has 1 aromatic rings. The lowest BCUT2D eigenvalue weighted by Gasteiger charge is -2.31. The Labute approximate surface area is 207 Å². The van der Waals surface area contributed by atoms with Crippen LogP contribution in [0.5, 0.6) is 0 Å². The molecule has 0 aromatic heterocycles. The molecule has 1 aliphatic rings. The summed E-state index contributed by atoms with van der Waals surface area (Å²) in [7, 11) is 1.21. The van der Waals surface area contributed by atoms with Crippen molar-refractivity contribution in [3.05, 3.63) is 62.5 Å². The lowest BCUT2D eigenvalue weighted by atomic mass is 9.80. The van der Waals surface area contributed by atoms with Gasteiger partial charge in [-0.3, -0.25) is 14.9 Å². The fourth-order valence-corrected chi connectivity index (χ4v) is 4.54. The molecule has 12 heteroatoms. The molecule has 0 radical (unpaired) electrons. The molecular formula is C23H29N3O8S. The number of nitrogens with one attached hydrogen (secondary N) is 1. The lowest BCUT2D eigenvalue weighted by Crippen LogP contribution is -2.36. The van der Waals surface area contributed by atoms with Crippen LogP contribution in [-0.4, -0.2) is 60.7 Å². The summed E-state index contributed by atoms with van der Waals surface area (Å²) in [5.41, 5.74) is 7.15. The molecule has 0 saturated carbocycles. The van der Waals surface area contributed by atoms with E-state index in [-0.39, 0.29) is 41.6 Å². The number of nitro groups is 1. The maximum atomic E-state index is 13.1. The third kappa shape index (κ3) is 6.83. The Bertz CT molecular complexity index is 1050. The minimum atomic E-state index is -0.975. The number of carbonyl (C=O) groups excluding carboxylic acids is 3. The van der Waals surface area contributed by atoms with Crippen LogP contribution in [0.2, 0.25) is 0 Å². The molecule has 1 aliphatic heterocycles. The van der Waals surface area contributed by atoms with Crippen molar-refractivity contribution in [3.8, 4) is 0 Å². The van der Waals surface area contributed by atoms with Gasteiger partial charge in [0.25, 0.3) is 5.69 Å². The van der Waals surface area contributed by atoms with Crippen LogP contribution in [-0.2, 0) is 28.6 Å². The number of hydrogen-bond acceptors (Lipinski definition) is 11. The SMILES string of the molecule is CCOC(=O)C1=C(CSCC(N)C(=O)OCC)NC(C)=C(C(=O)OC)C1c1cccc([N+](=O)[O-])c1. The predicted molar refractivity (Wildman–Crippen MR) is 129 cm³/mol. The quantitative estimate of drug-likeness (QED) is 0.195. The summed E-state index contributed by atoms with van der Waals surface area (Å²) in [6.45, 7) is 5.26. The monoisotopic (exact) mass is 507 g/mol. The fraction of sp³-hybridized carbons (Fsp3) is 0.435. The maximum absolute atomic E-state index is 13.1. The zero-order valence-corrected chi connectivity index (χ0v) is 20.8. The van der Waals surface area contributed by atoms with E-state index >= 15 is 0 Å². The standard InChI is InChI=1S/C23H29N3O8S/c1-5-33-21(27)16(24)11-35-12-17-20(23(29)34-6-2)19(18(13(3)25-17)22(28)32-4)14-8-7-9-15(10-14)26(30)31/h7-10,16,19,25H,5-6,11-12,24H2,1-4H3. The number of nitrogens with zero attached hydrogens (tertiary/aromatic N) is 1. The number of nitrogens with two attached hydrogens (primary N) is 1. The fourth-order valence-electron chi connectivity index (χ4n) is 3.60. The maximum Gasteiger partial charge on any atom is 0.336 e. The number of nitro benzene ring substituents is 1. The van der Waals surface area contributed by atoms with Crippen LogP contribution in [0.1, 0.15) is 32.3 Å². The van der Waals surface area contributed by atoms with Gasteiger partial charge in [-0.15, -0.1) is 0 Å². The first-order valence-electron chi connectivity index (χ1n) is 10.9. The molecule has 0 aliphatic carbocycles. The zero-order valence-electron chi connectivity index (χ0n) is 20.0. The van der Waals surface area contributed by atoms with Gasteiger partial charge in [-0.25, -0.2) is 9.59 Å². The van der Waals surface area contributed by atoms with E-state index in [2.05, 4.69) is 5.32 Å². The molecule has 3 N–H and O–H groups in total. The van der Waals surface area contributed by atoms with E-state index in [9.17, 15) is 24.5 Å². The van der Waals surface area contributed by atoms with Crippen molar-refractivity contribution in [2.24, 2.45) is 5.73 Å². The van der Waals surface area contributed by atoms with E-state index in [0.717, 1.165) is 0 Å². The summed E-state index contributed by atoms with van der Waals surface area (Å²) in [5, 5.41) is 14.5. The number of rotatable bonds is 11. The highest BCUT2D eigenvalue weighted by molar-refractivity contribution is 7.99. The summed E-state index contributed by atoms with van der Waals surface area (Å²) in [6.07, 6.45) is 0. The summed E-state index contributed by atoms with van der Waals surface area (Å²) in [5.74, 6) is -2.45. The van der Waals surface area contributed by atoms with Crippen molar-refractivity contribution in [2.45, 2.75) is 32.7 Å². The Morgan fingerprint density at radius 3 is 2.46 bits per heavy atom. The molecule has 35 heavy (non-hydrogen) atoms. The Kier molecular flexibility index (Phi) is 10.3. The highest BCUT2D eigenvalue weighted by Gasteiger charge is 2.39. The Hall–Kier alpha value is -3.38. The molecule has 1 heterocycles. The number of dihydropyridines is 1. The van der Waals surface area contributed by atoms with Gasteiger partial charge in [0.05, 0.1) is 42.3 Å². The van der Waals surface area contributed by atoms with Gasteiger partial charge in [0.1, 0.15) is 6.04 Å². The molecular weight excluding hydrogens is 478 g/mol. The summed E-state index contributed by atoms with van der Waals surface area (Å²) in [6, 6.07) is 4.85. The van der Waals surface area contributed by atoms with E-state index in [1.54, 1.807) is 26.8 Å². The average molecular weight is 508 g/mol. The molecule has 2 rings (SSSR count). The van der Waals surface area contributed by atoms with E-state index in [4.69, 9.17) is 19.9 Å². The molecule has 2 unspecified atom stereocenters. The molecule has 1 aromatic carbocycles. The first-order valence-corrected chi connectivity index (χ1v) is 12.0. The van der Waals surface area contributed by atoms with Gasteiger partial charge in [0.2, 0.25) is 0 Å². The first-order chi connectivity index (χ1) is 16.7. The van der Waals surface area contributed by atoms with E-state index < -0.39 is 34.8 Å². The van der Waals surface area contributed by atoms with E-state index in [1.807, 2.05) is 0 Å². The molecule has 0 saturated heterocycles. The summed E-state index contributed by atoms with van der Waals surface area (Å²) < 4.78 is 15.2. The number of carbonyl (C=O) groups is 3. The number of allylic oxidation sites excluding steroid dienone is 1. The Balaban J connectivity index is 2.56. The molecule has 0 spiro atoms. The number of esters is 3. The van der Waals surface area contributed by atoms with Crippen molar-refractivity contribution in [3.63, 3.8) is 0 Å². The number of thioether (sulfide) groups is 1. The second kappa shape index (κ2) is 12.9. The average Bonchev–Trinajstić information content (AvgIpc) is 2.83. The van der Waals surface area contributed by atoms with Crippen LogP contribution < -0.4 is 11.1 Å². The van der Waals surface area contributed by atoms with Gasteiger partial charge < -0.3 is 25.3 Å². The number of methoxy groups -OCH3 is 1. The molecule has 0 fully saturated rings. The molecule has 0 amide bonds. The van der Waals surface area contributed by atoms with Crippen LogP contribution >= 0.6 is 11.8 Å². The smallest absolute Gasteiger partial charge is 0.336 e. The van der Waals surface area contributed by atoms with Crippen LogP contribution in [0, 0.1) is 10.1 Å². The third-order valence-electron chi connectivity index (χ3n) is 5.09. The van der Waals surface area contributed by atoms with E-state index in [1.165, 1.54) is 37.1 Å². The van der Waals surface area contributed by atoms with Crippen molar-refractivity contribution in [1.82, 2.24) is 5.32 Å². The van der Waals surface area contributed by atoms with Crippen molar-refractivity contribution >= 4 is 35.4 Å². The molecule has 0 bridgehead atoms. The minimum absolute atomic E-state index is 0.0778. The van der Waals surface area contributed by atoms with E-state index in [0.29, 0.717) is 17.0 Å². The van der Waals surface area contributed by atoms with Crippen LogP contribution in [0.4, 0.5) is 5.69 Å². The van der Waals surface area contributed by atoms with Gasteiger partial charge in [-0.05, 0) is 26.3 Å². The van der Waals surface area contributed by atoms with Crippen molar-refractivity contribution in [2.75, 3.05) is 31.8 Å². The topological polar surface area (TPSA) is 160 Å². The number of ether oxygens (including phenoxy) is 3. The van der Waals surface area contributed by atoms with Gasteiger partial charge in [-0.1, -0.05) is 12.1 Å².